The highest BCUT2D eigenvalue weighted by molar-refractivity contribution is 5.78. The molecule has 4 heteroatoms. The second-order valence-corrected chi connectivity index (χ2v) is 4.79. The molecule has 2 heterocycles. The highest BCUT2D eigenvalue weighted by atomic mass is 16.6. The van der Waals surface area contributed by atoms with E-state index in [9.17, 15) is 4.79 Å². The minimum Gasteiger partial charge on any atom is -0.458 e. The van der Waals surface area contributed by atoms with Crippen molar-refractivity contribution in [1.82, 2.24) is 4.98 Å². The molecule has 16 heavy (non-hydrogen) atoms. The number of ether oxygens (including phenoxy) is 2. The van der Waals surface area contributed by atoms with Gasteiger partial charge in [-0.05, 0) is 38.5 Å². The van der Waals surface area contributed by atoms with Crippen LogP contribution in [0.25, 0.3) is 0 Å². The van der Waals surface area contributed by atoms with E-state index in [-0.39, 0.29) is 12.1 Å². The molecule has 2 atom stereocenters. The van der Waals surface area contributed by atoms with Crippen LogP contribution in [0.15, 0.2) is 24.5 Å². The van der Waals surface area contributed by atoms with Gasteiger partial charge in [0.2, 0.25) is 0 Å². The van der Waals surface area contributed by atoms with Crippen LogP contribution >= 0.6 is 0 Å². The van der Waals surface area contributed by atoms with Gasteiger partial charge in [0.25, 0.3) is 0 Å². The molecule has 0 aromatic carbocycles. The van der Waals surface area contributed by atoms with Crippen LogP contribution in [-0.2, 0) is 14.3 Å². The predicted molar refractivity (Wildman–Crippen MR) is 57.7 cm³/mol. The molecule has 0 saturated carbocycles. The summed E-state index contributed by atoms with van der Waals surface area (Å²) in [5.74, 6) is -0.297. The zero-order valence-corrected chi connectivity index (χ0v) is 9.64. The van der Waals surface area contributed by atoms with Crippen molar-refractivity contribution in [3.8, 4) is 0 Å². The minimum atomic E-state index is -0.466. The summed E-state index contributed by atoms with van der Waals surface area (Å²) in [5, 5.41) is 0. The maximum absolute atomic E-state index is 11.6. The van der Waals surface area contributed by atoms with E-state index in [1.165, 1.54) is 0 Å². The van der Waals surface area contributed by atoms with E-state index in [4.69, 9.17) is 9.47 Å². The predicted octanol–water partition coefficient (Wildman–Crippen LogP) is 1.86. The van der Waals surface area contributed by atoms with Crippen molar-refractivity contribution in [2.75, 3.05) is 0 Å². The van der Waals surface area contributed by atoms with E-state index >= 15 is 0 Å². The molecule has 0 bridgehead atoms. The molecule has 0 spiro atoms. The van der Waals surface area contributed by atoms with Crippen LogP contribution in [0.4, 0.5) is 0 Å². The molecular weight excluding hydrogens is 206 g/mol. The Balaban J connectivity index is 1.95. The van der Waals surface area contributed by atoms with E-state index in [1.54, 1.807) is 12.4 Å². The topological polar surface area (TPSA) is 51.7 Å². The van der Waals surface area contributed by atoms with Crippen LogP contribution in [-0.4, -0.2) is 22.7 Å². The molecule has 0 aliphatic carbocycles. The van der Waals surface area contributed by atoms with Gasteiger partial charge < -0.3 is 9.47 Å². The van der Waals surface area contributed by atoms with Crippen LogP contribution in [0.3, 0.4) is 0 Å². The fourth-order valence-corrected chi connectivity index (χ4v) is 1.46. The normalized spacial score (nSPS) is 23.9. The van der Waals surface area contributed by atoms with Crippen molar-refractivity contribution in [3.05, 3.63) is 30.1 Å². The van der Waals surface area contributed by atoms with Gasteiger partial charge in [-0.25, -0.2) is 4.79 Å². The van der Waals surface area contributed by atoms with Gasteiger partial charge in [0.05, 0.1) is 0 Å². The fourth-order valence-electron chi connectivity index (χ4n) is 1.46. The zero-order valence-electron chi connectivity index (χ0n) is 9.64. The van der Waals surface area contributed by atoms with Gasteiger partial charge in [-0.15, -0.1) is 0 Å². The third kappa shape index (κ3) is 2.58. The lowest BCUT2D eigenvalue weighted by molar-refractivity contribution is -0.156. The minimum absolute atomic E-state index is 0.169. The Kier molecular flexibility index (Phi) is 2.68. The highest BCUT2D eigenvalue weighted by Crippen LogP contribution is 2.39. The molecule has 0 radical (unpaired) electrons. The average Bonchev–Trinajstić information content (AvgIpc) is 2.96. The molecule has 2 rings (SSSR count). The fraction of sp³-hybridized carbons (Fsp3) is 0.500. The van der Waals surface area contributed by atoms with Crippen molar-refractivity contribution in [2.24, 2.45) is 0 Å². The molecule has 1 aromatic rings. The highest BCUT2D eigenvalue weighted by Gasteiger charge is 2.48. The number of aromatic nitrogens is 1. The monoisotopic (exact) mass is 221 g/mol. The zero-order chi connectivity index (χ0) is 11.8. The maximum atomic E-state index is 11.6. The Hall–Kier alpha value is -1.42. The van der Waals surface area contributed by atoms with Gasteiger partial charge in [0, 0.05) is 12.4 Å². The van der Waals surface area contributed by atoms with E-state index < -0.39 is 11.7 Å². The van der Waals surface area contributed by atoms with Crippen LogP contribution in [0.5, 0.6) is 0 Å². The SMILES string of the molecule is CC(C)(C)OC(=O)C1OC1c1ccncc1. The second kappa shape index (κ2) is 3.87. The Bertz CT molecular complexity index is 383. The molecule has 1 saturated heterocycles. The summed E-state index contributed by atoms with van der Waals surface area (Å²) < 4.78 is 10.5. The number of rotatable bonds is 2. The Morgan fingerprint density at radius 1 is 1.38 bits per heavy atom. The van der Waals surface area contributed by atoms with Crippen LogP contribution in [0.2, 0.25) is 0 Å². The quantitative estimate of drug-likeness (QED) is 0.565. The number of epoxide rings is 1. The van der Waals surface area contributed by atoms with Gasteiger partial charge in [-0.2, -0.15) is 0 Å². The molecule has 86 valence electrons. The number of nitrogens with zero attached hydrogens (tertiary/aromatic N) is 1. The van der Waals surface area contributed by atoms with E-state index in [1.807, 2.05) is 32.9 Å². The number of carbonyl (C=O) groups is 1. The standard InChI is InChI=1S/C12H15NO3/c1-12(2,3)16-11(14)10-9(15-10)8-4-6-13-7-5-8/h4-7,9-10H,1-3H3. The Labute approximate surface area is 94.6 Å². The van der Waals surface area contributed by atoms with Crippen molar-refractivity contribution in [3.63, 3.8) is 0 Å². The number of pyridine rings is 1. The first-order chi connectivity index (χ1) is 7.47. The number of esters is 1. The summed E-state index contributed by atoms with van der Waals surface area (Å²) in [5.41, 5.74) is 0.497. The van der Waals surface area contributed by atoms with Crippen molar-refractivity contribution in [1.29, 1.82) is 0 Å². The first kappa shape index (κ1) is 11.1. The van der Waals surface area contributed by atoms with Gasteiger partial charge in [0.15, 0.2) is 6.10 Å². The van der Waals surface area contributed by atoms with Gasteiger partial charge in [-0.3, -0.25) is 4.98 Å². The Morgan fingerprint density at radius 2 is 2.00 bits per heavy atom. The molecular formula is C12H15NO3. The maximum Gasteiger partial charge on any atom is 0.338 e. The van der Waals surface area contributed by atoms with E-state index in [0.717, 1.165) is 5.56 Å². The molecule has 1 aliphatic heterocycles. The summed E-state index contributed by atoms with van der Waals surface area (Å²) in [7, 11) is 0. The molecule has 2 unspecified atom stereocenters. The third-order valence-electron chi connectivity index (χ3n) is 2.17. The first-order valence-electron chi connectivity index (χ1n) is 5.25. The molecule has 1 aromatic heterocycles. The molecule has 4 nitrogen and oxygen atoms in total. The van der Waals surface area contributed by atoms with Crippen molar-refractivity contribution >= 4 is 5.97 Å². The van der Waals surface area contributed by atoms with Gasteiger partial charge >= 0.3 is 5.97 Å². The summed E-state index contributed by atoms with van der Waals surface area (Å²) >= 11 is 0. The molecule has 0 N–H and O–H groups in total. The van der Waals surface area contributed by atoms with Crippen LogP contribution in [0, 0.1) is 0 Å². The van der Waals surface area contributed by atoms with E-state index in [2.05, 4.69) is 4.98 Å². The average molecular weight is 221 g/mol. The van der Waals surface area contributed by atoms with Crippen LogP contribution in [0.1, 0.15) is 32.4 Å². The number of hydrogen-bond acceptors (Lipinski definition) is 4. The molecule has 1 aliphatic rings. The molecule has 1 fully saturated rings. The number of hydrogen-bond donors (Lipinski definition) is 0. The summed E-state index contributed by atoms with van der Waals surface area (Å²) in [6.45, 7) is 5.53. The van der Waals surface area contributed by atoms with Crippen LogP contribution < -0.4 is 0 Å². The van der Waals surface area contributed by atoms with Crippen molar-refractivity contribution < 1.29 is 14.3 Å². The lowest BCUT2D eigenvalue weighted by Gasteiger charge is -2.18. The number of carbonyl (C=O) groups excluding carboxylic acids is 1. The van der Waals surface area contributed by atoms with Crippen molar-refractivity contribution in [2.45, 2.75) is 38.6 Å². The third-order valence-corrected chi connectivity index (χ3v) is 2.17. The van der Waals surface area contributed by atoms with Gasteiger partial charge in [0.1, 0.15) is 11.7 Å². The molecule has 0 amide bonds. The Morgan fingerprint density at radius 3 is 2.56 bits per heavy atom. The van der Waals surface area contributed by atoms with E-state index in [0.29, 0.717) is 0 Å². The summed E-state index contributed by atoms with van der Waals surface area (Å²) in [4.78, 5) is 15.6. The smallest absolute Gasteiger partial charge is 0.338 e. The first-order valence-corrected chi connectivity index (χ1v) is 5.25. The lowest BCUT2D eigenvalue weighted by Crippen LogP contribution is -2.26. The lowest BCUT2D eigenvalue weighted by atomic mass is 10.1. The summed E-state index contributed by atoms with van der Waals surface area (Å²) in [6.07, 6.45) is 2.74. The second-order valence-electron chi connectivity index (χ2n) is 4.79. The largest absolute Gasteiger partial charge is 0.458 e. The summed E-state index contributed by atoms with van der Waals surface area (Å²) in [6, 6.07) is 3.68. The van der Waals surface area contributed by atoms with Gasteiger partial charge in [-0.1, -0.05) is 0 Å².